The highest BCUT2D eigenvalue weighted by Crippen LogP contribution is 2.30. The van der Waals surface area contributed by atoms with Crippen molar-refractivity contribution in [1.29, 1.82) is 0 Å². The Morgan fingerprint density at radius 2 is 1.71 bits per heavy atom. The van der Waals surface area contributed by atoms with Crippen molar-refractivity contribution in [3.63, 3.8) is 0 Å². The molecule has 0 aliphatic carbocycles. The van der Waals surface area contributed by atoms with Gasteiger partial charge in [-0.2, -0.15) is 0 Å². The van der Waals surface area contributed by atoms with Gasteiger partial charge in [-0.25, -0.2) is 8.42 Å². The molecular weight excluding hydrogens is 446 g/mol. The minimum absolute atomic E-state index is 0.00566. The predicted octanol–water partition coefficient (Wildman–Crippen LogP) is 4.31. The van der Waals surface area contributed by atoms with Gasteiger partial charge in [0, 0.05) is 5.02 Å². The molecule has 3 aromatic rings. The molecular formula is C20H16ClN3O6S. The summed E-state index contributed by atoms with van der Waals surface area (Å²) in [5, 5.41) is 14.2. The van der Waals surface area contributed by atoms with E-state index in [1.807, 2.05) is 0 Å². The number of nitro groups is 1. The fourth-order valence-electron chi connectivity index (χ4n) is 2.67. The van der Waals surface area contributed by atoms with E-state index in [1.54, 1.807) is 6.07 Å². The van der Waals surface area contributed by atoms with Gasteiger partial charge in [-0.3, -0.25) is 19.6 Å². The van der Waals surface area contributed by atoms with Crippen LogP contribution in [0.3, 0.4) is 0 Å². The first-order valence-electron chi connectivity index (χ1n) is 8.72. The van der Waals surface area contributed by atoms with E-state index in [1.165, 1.54) is 67.8 Å². The van der Waals surface area contributed by atoms with E-state index in [4.69, 9.17) is 16.3 Å². The first-order valence-corrected chi connectivity index (χ1v) is 10.6. The minimum atomic E-state index is -4.00. The molecule has 0 saturated carbocycles. The van der Waals surface area contributed by atoms with Crippen LogP contribution in [0.2, 0.25) is 5.02 Å². The zero-order valence-corrected chi connectivity index (χ0v) is 17.6. The molecule has 0 saturated heterocycles. The topological polar surface area (TPSA) is 128 Å². The highest BCUT2D eigenvalue weighted by Gasteiger charge is 2.22. The maximum absolute atomic E-state index is 12.8. The largest absolute Gasteiger partial charge is 0.496 e. The summed E-state index contributed by atoms with van der Waals surface area (Å²) in [5.74, 6) is -0.483. The van der Waals surface area contributed by atoms with Gasteiger partial charge >= 0.3 is 0 Å². The van der Waals surface area contributed by atoms with Crippen LogP contribution in [-0.4, -0.2) is 26.4 Å². The Morgan fingerprint density at radius 3 is 2.35 bits per heavy atom. The van der Waals surface area contributed by atoms with Crippen LogP contribution in [-0.2, 0) is 10.0 Å². The van der Waals surface area contributed by atoms with Gasteiger partial charge in [0.2, 0.25) is 0 Å². The van der Waals surface area contributed by atoms with Crippen molar-refractivity contribution < 1.29 is 22.9 Å². The van der Waals surface area contributed by atoms with Crippen LogP contribution >= 0.6 is 11.6 Å². The average molecular weight is 462 g/mol. The number of nitrogens with zero attached hydrogens (tertiary/aromatic N) is 1. The van der Waals surface area contributed by atoms with Gasteiger partial charge in [0.05, 0.1) is 34.2 Å². The number of hydrogen-bond donors (Lipinski definition) is 2. The van der Waals surface area contributed by atoms with Crippen LogP contribution in [0.4, 0.5) is 17.1 Å². The lowest BCUT2D eigenvalue weighted by atomic mass is 10.1. The SMILES string of the molecule is COc1ccc(NC(=O)c2ccccc2NS(=O)(=O)c2ccc(Cl)cc2)c([N+](=O)[O-])c1. The summed E-state index contributed by atoms with van der Waals surface area (Å²) in [6, 6.07) is 15.4. The maximum atomic E-state index is 12.8. The summed E-state index contributed by atoms with van der Waals surface area (Å²) in [6.07, 6.45) is 0. The summed E-state index contributed by atoms with van der Waals surface area (Å²) < 4.78 is 32.7. The molecule has 11 heteroatoms. The van der Waals surface area contributed by atoms with Crippen molar-refractivity contribution in [2.45, 2.75) is 4.90 Å². The molecule has 0 aliphatic heterocycles. The Kier molecular flexibility index (Phi) is 6.42. The molecule has 31 heavy (non-hydrogen) atoms. The molecule has 0 unspecified atom stereocenters. The lowest BCUT2D eigenvalue weighted by molar-refractivity contribution is -0.384. The van der Waals surface area contributed by atoms with Gasteiger partial charge in [0.15, 0.2) is 0 Å². The number of sulfonamides is 1. The van der Waals surface area contributed by atoms with Gasteiger partial charge in [0.25, 0.3) is 21.6 Å². The average Bonchev–Trinajstić information content (AvgIpc) is 2.74. The molecule has 0 spiro atoms. The van der Waals surface area contributed by atoms with E-state index in [9.17, 15) is 23.3 Å². The lowest BCUT2D eigenvalue weighted by Crippen LogP contribution is -2.19. The molecule has 160 valence electrons. The fraction of sp³-hybridized carbons (Fsp3) is 0.0500. The number of para-hydroxylation sites is 1. The second-order valence-corrected chi connectivity index (χ2v) is 8.32. The van der Waals surface area contributed by atoms with E-state index in [-0.39, 0.29) is 33.3 Å². The van der Waals surface area contributed by atoms with Gasteiger partial charge < -0.3 is 10.1 Å². The number of carbonyl (C=O) groups is 1. The number of benzene rings is 3. The number of nitrogens with one attached hydrogen (secondary N) is 2. The minimum Gasteiger partial charge on any atom is -0.496 e. The number of ether oxygens (including phenoxy) is 1. The summed E-state index contributed by atoms with van der Waals surface area (Å²) in [6.45, 7) is 0. The van der Waals surface area contributed by atoms with E-state index >= 15 is 0 Å². The first-order chi connectivity index (χ1) is 14.7. The molecule has 2 N–H and O–H groups in total. The van der Waals surface area contributed by atoms with Crippen LogP contribution < -0.4 is 14.8 Å². The Hall–Kier alpha value is -3.63. The van der Waals surface area contributed by atoms with Gasteiger partial charge in [0.1, 0.15) is 11.4 Å². The second kappa shape index (κ2) is 9.02. The standard InChI is InChI=1S/C20H16ClN3O6S/c1-30-14-8-11-18(19(12-14)24(26)27)22-20(25)16-4-2-3-5-17(16)23-31(28,29)15-9-6-13(21)7-10-15/h2-12,23H,1H3,(H,22,25). The first kappa shape index (κ1) is 22.1. The van der Waals surface area contributed by atoms with Crippen molar-refractivity contribution in [3.8, 4) is 5.75 Å². The number of hydrogen-bond acceptors (Lipinski definition) is 6. The molecule has 0 bridgehead atoms. The normalized spacial score (nSPS) is 10.9. The van der Waals surface area contributed by atoms with Gasteiger partial charge in [-0.15, -0.1) is 0 Å². The van der Waals surface area contributed by atoms with Crippen molar-refractivity contribution in [2.75, 3.05) is 17.1 Å². The monoisotopic (exact) mass is 461 g/mol. The zero-order chi connectivity index (χ0) is 22.6. The molecule has 3 rings (SSSR count). The van der Waals surface area contributed by atoms with Crippen LogP contribution in [0.1, 0.15) is 10.4 Å². The van der Waals surface area contributed by atoms with Crippen molar-refractivity contribution in [3.05, 3.63) is 87.4 Å². The summed E-state index contributed by atoms with van der Waals surface area (Å²) >= 11 is 5.80. The van der Waals surface area contributed by atoms with E-state index in [0.29, 0.717) is 5.02 Å². The summed E-state index contributed by atoms with van der Waals surface area (Å²) in [5.41, 5.74) is -0.450. The lowest BCUT2D eigenvalue weighted by Gasteiger charge is -2.13. The molecule has 0 aromatic heterocycles. The fourth-order valence-corrected chi connectivity index (χ4v) is 3.88. The van der Waals surface area contributed by atoms with Crippen LogP contribution in [0, 0.1) is 10.1 Å². The van der Waals surface area contributed by atoms with Gasteiger partial charge in [-0.05, 0) is 48.5 Å². The Labute approximate surface area is 182 Å². The Morgan fingerprint density at radius 1 is 1.03 bits per heavy atom. The van der Waals surface area contributed by atoms with Crippen molar-refractivity contribution in [1.82, 2.24) is 0 Å². The van der Waals surface area contributed by atoms with Crippen LogP contribution in [0.25, 0.3) is 0 Å². The number of anilines is 2. The third kappa shape index (κ3) is 5.11. The van der Waals surface area contributed by atoms with Crippen LogP contribution in [0.5, 0.6) is 5.75 Å². The molecule has 0 aliphatic rings. The number of carbonyl (C=O) groups excluding carboxylic acids is 1. The number of methoxy groups -OCH3 is 1. The Balaban J connectivity index is 1.91. The highest BCUT2D eigenvalue weighted by atomic mass is 35.5. The quantitative estimate of drug-likeness (QED) is 0.398. The third-order valence-corrected chi connectivity index (χ3v) is 5.82. The molecule has 0 atom stereocenters. The summed E-state index contributed by atoms with van der Waals surface area (Å²) in [4.78, 5) is 23.5. The smallest absolute Gasteiger partial charge is 0.296 e. The molecule has 1 amide bonds. The Bertz CT molecular complexity index is 1250. The summed E-state index contributed by atoms with van der Waals surface area (Å²) in [7, 11) is -2.64. The molecule has 0 radical (unpaired) electrons. The number of amides is 1. The molecule has 0 heterocycles. The number of rotatable bonds is 7. The van der Waals surface area contributed by atoms with E-state index < -0.39 is 20.9 Å². The highest BCUT2D eigenvalue weighted by molar-refractivity contribution is 7.92. The third-order valence-electron chi connectivity index (χ3n) is 4.19. The molecule has 3 aromatic carbocycles. The van der Waals surface area contributed by atoms with Crippen LogP contribution in [0.15, 0.2) is 71.6 Å². The molecule has 9 nitrogen and oxygen atoms in total. The number of nitro benzene ring substituents is 1. The van der Waals surface area contributed by atoms with Crippen molar-refractivity contribution >= 4 is 44.6 Å². The van der Waals surface area contributed by atoms with E-state index in [2.05, 4.69) is 10.0 Å². The van der Waals surface area contributed by atoms with Crippen molar-refractivity contribution in [2.24, 2.45) is 0 Å². The van der Waals surface area contributed by atoms with E-state index in [0.717, 1.165) is 0 Å². The zero-order valence-electron chi connectivity index (χ0n) is 16.0. The maximum Gasteiger partial charge on any atom is 0.296 e. The molecule has 0 fully saturated rings. The number of halogens is 1. The second-order valence-electron chi connectivity index (χ2n) is 6.20. The van der Waals surface area contributed by atoms with Gasteiger partial charge in [-0.1, -0.05) is 23.7 Å². The predicted molar refractivity (Wildman–Crippen MR) is 116 cm³/mol.